The average molecular weight is 239 g/mol. The summed E-state index contributed by atoms with van der Waals surface area (Å²) in [6, 6.07) is 6.37. The highest BCUT2D eigenvalue weighted by atomic mass is 19.1. The van der Waals surface area contributed by atoms with Crippen LogP contribution in [0, 0.1) is 5.82 Å². The molecule has 0 spiro atoms. The van der Waals surface area contributed by atoms with Crippen LogP contribution in [0.3, 0.4) is 0 Å². The highest BCUT2D eigenvalue weighted by Crippen LogP contribution is 2.06. The molecule has 0 bridgehead atoms. The van der Waals surface area contributed by atoms with Crippen LogP contribution in [0.5, 0.6) is 0 Å². The molecule has 0 aliphatic rings. The van der Waals surface area contributed by atoms with E-state index < -0.39 is 0 Å². The minimum atomic E-state index is -0.231. The van der Waals surface area contributed by atoms with Gasteiger partial charge in [0, 0.05) is 20.1 Å². The maximum absolute atomic E-state index is 12.6. The number of nitrogens with one attached hydrogen (secondary N) is 1. The van der Waals surface area contributed by atoms with E-state index in [1.54, 1.807) is 19.2 Å². The van der Waals surface area contributed by atoms with Crippen molar-refractivity contribution in [2.75, 3.05) is 20.3 Å². The summed E-state index contributed by atoms with van der Waals surface area (Å²) >= 11 is 0. The number of benzene rings is 1. The summed E-state index contributed by atoms with van der Waals surface area (Å²) in [5.74, 6) is -0.199. The normalized spacial score (nSPS) is 10.2. The highest BCUT2D eigenvalue weighted by molar-refractivity contribution is 5.75. The Morgan fingerprint density at radius 2 is 2.06 bits per heavy atom. The number of hydrogen-bond acceptors (Lipinski definition) is 2. The highest BCUT2D eigenvalue weighted by Gasteiger charge is 2.01. The van der Waals surface area contributed by atoms with Gasteiger partial charge in [-0.15, -0.1) is 0 Å². The third-order valence-electron chi connectivity index (χ3n) is 2.41. The van der Waals surface area contributed by atoms with Gasteiger partial charge in [0.15, 0.2) is 0 Å². The monoisotopic (exact) mass is 239 g/mol. The van der Waals surface area contributed by atoms with Gasteiger partial charge in [-0.05, 0) is 30.5 Å². The summed E-state index contributed by atoms with van der Waals surface area (Å²) < 4.78 is 17.5. The molecular formula is C13H18FNO2. The molecule has 0 heterocycles. The topological polar surface area (TPSA) is 38.3 Å². The quantitative estimate of drug-likeness (QED) is 0.738. The Labute approximate surface area is 101 Å². The van der Waals surface area contributed by atoms with Crippen molar-refractivity contribution in [1.82, 2.24) is 5.32 Å². The maximum Gasteiger partial charge on any atom is 0.220 e. The smallest absolute Gasteiger partial charge is 0.220 e. The first kappa shape index (κ1) is 13.6. The molecule has 1 amide bonds. The van der Waals surface area contributed by atoms with Crippen LogP contribution in [0.25, 0.3) is 0 Å². The van der Waals surface area contributed by atoms with Crippen molar-refractivity contribution in [2.24, 2.45) is 0 Å². The lowest BCUT2D eigenvalue weighted by Crippen LogP contribution is -2.26. The molecule has 0 saturated carbocycles. The van der Waals surface area contributed by atoms with E-state index in [9.17, 15) is 9.18 Å². The molecule has 0 fully saturated rings. The SMILES string of the molecule is COCCNC(=O)CCCc1ccc(F)cc1. The molecule has 94 valence electrons. The Balaban J connectivity index is 2.14. The molecule has 0 saturated heterocycles. The van der Waals surface area contributed by atoms with E-state index >= 15 is 0 Å². The van der Waals surface area contributed by atoms with Crippen LogP contribution >= 0.6 is 0 Å². The second-order valence-electron chi connectivity index (χ2n) is 3.82. The summed E-state index contributed by atoms with van der Waals surface area (Å²) in [5.41, 5.74) is 1.05. The zero-order valence-electron chi connectivity index (χ0n) is 10.0. The lowest BCUT2D eigenvalue weighted by Gasteiger charge is -2.04. The van der Waals surface area contributed by atoms with Crippen LogP contribution in [0.15, 0.2) is 24.3 Å². The summed E-state index contributed by atoms with van der Waals surface area (Å²) in [7, 11) is 1.60. The van der Waals surface area contributed by atoms with Gasteiger partial charge < -0.3 is 10.1 Å². The van der Waals surface area contributed by atoms with E-state index in [1.807, 2.05) is 0 Å². The van der Waals surface area contributed by atoms with Crippen molar-refractivity contribution in [3.05, 3.63) is 35.6 Å². The van der Waals surface area contributed by atoms with Crippen molar-refractivity contribution >= 4 is 5.91 Å². The molecule has 0 aromatic heterocycles. The van der Waals surface area contributed by atoms with Crippen molar-refractivity contribution in [1.29, 1.82) is 0 Å². The third-order valence-corrected chi connectivity index (χ3v) is 2.41. The maximum atomic E-state index is 12.6. The Morgan fingerprint density at radius 3 is 2.71 bits per heavy atom. The van der Waals surface area contributed by atoms with Crippen molar-refractivity contribution in [2.45, 2.75) is 19.3 Å². The standard InChI is InChI=1S/C13H18FNO2/c1-17-10-9-15-13(16)4-2-3-11-5-7-12(14)8-6-11/h5-8H,2-4,9-10H2,1H3,(H,15,16). The minimum Gasteiger partial charge on any atom is -0.383 e. The van der Waals surface area contributed by atoms with Crippen LogP contribution in [-0.4, -0.2) is 26.2 Å². The molecule has 1 aromatic rings. The van der Waals surface area contributed by atoms with Crippen molar-refractivity contribution in [3.63, 3.8) is 0 Å². The van der Waals surface area contributed by atoms with Gasteiger partial charge >= 0.3 is 0 Å². The van der Waals surface area contributed by atoms with Crippen LogP contribution < -0.4 is 5.32 Å². The summed E-state index contributed by atoms with van der Waals surface area (Å²) in [4.78, 5) is 11.3. The Morgan fingerprint density at radius 1 is 1.35 bits per heavy atom. The van der Waals surface area contributed by atoms with Crippen LogP contribution in [0.1, 0.15) is 18.4 Å². The first-order valence-electron chi connectivity index (χ1n) is 5.72. The fourth-order valence-electron chi connectivity index (χ4n) is 1.49. The molecule has 0 aliphatic carbocycles. The minimum absolute atomic E-state index is 0.0316. The predicted molar refractivity (Wildman–Crippen MR) is 64.2 cm³/mol. The number of ether oxygens (including phenoxy) is 1. The van der Waals surface area contributed by atoms with E-state index in [0.29, 0.717) is 19.6 Å². The molecule has 0 atom stereocenters. The van der Waals surface area contributed by atoms with Crippen molar-refractivity contribution < 1.29 is 13.9 Å². The predicted octanol–water partition coefficient (Wildman–Crippen LogP) is 1.91. The zero-order valence-corrected chi connectivity index (χ0v) is 10.0. The summed E-state index contributed by atoms with van der Waals surface area (Å²) in [5, 5.41) is 2.76. The van der Waals surface area contributed by atoms with Crippen LogP contribution in [0.2, 0.25) is 0 Å². The van der Waals surface area contributed by atoms with E-state index in [0.717, 1.165) is 18.4 Å². The van der Waals surface area contributed by atoms with Gasteiger partial charge in [0.25, 0.3) is 0 Å². The van der Waals surface area contributed by atoms with E-state index in [4.69, 9.17) is 4.74 Å². The molecule has 0 unspecified atom stereocenters. The molecule has 1 rings (SSSR count). The lowest BCUT2D eigenvalue weighted by molar-refractivity contribution is -0.121. The Bertz CT molecular complexity index is 338. The number of methoxy groups -OCH3 is 1. The van der Waals surface area contributed by atoms with Gasteiger partial charge in [-0.2, -0.15) is 0 Å². The first-order valence-corrected chi connectivity index (χ1v) is 5.72. The van der Waals surface area contributed by atoms with Gasteiger partial charge in [-0.25, -0.2) is 4.39 Å². The summed E-state index contributed by atoms with van der Waals surface area (Å²) in [6.45, 7) is 1.08. The van der Waals surface area contributed by atoms with Crippen LogP contribution in [-0.2, 0) is 16.0 Å². The third kappa shape index (κ3) is 6.02. The van der Waals surface area contributed by atoms with Crippen LogP contribution in [0.4, 0.5) is 4.39 Å². The van der Waals surface area contributed by atoms with E-state index in [2.05, 4.69) is 5.32 Å². The largest absolute Gasteiger partial charge is 0.383 e. The second kappa shape index (κ2) is 7.79. The molecule has 0 aliphatic heterocycles. The lowest BCUT2D eigenvalue weighted by atomic mass is 10.1. The van der Waals surface area contributed by atoms with Gasteiger partial charge in [-0.3, -0.25) is 4.79 Å². The Kier molecular flexibility index (Phi) is 6.25. The molecule has 1 aromatic carbocycles. The molecule has 17 heavy (non-hydrogen) atoms. The number of carbonyl (C=O) groups excluding carboxylic acids is 1. The molecule has 0 radical (unpaired) electrons. The molecular weight excluding hydrogens is 221 g/mol. The van der Waals surface area contributed by atoms with Crippen molar-refractivity contribution in [3.8, 4) is 0 Å². The number of halogens is 1. The van der Waals surface area contributed by atoms with Gasteiger partial charge in [0.1, 0.15) is 5.82 Å². The van der Waals surface area contributed by atoms with E-state index in [1.165, 1.54) is 12.1 Å². The van der Waals surface area contributed by atoms with E-state index in [-0.39, 0.29) is 11.7 Å². The summed E-state index contributed by atoms with van der Waals surface area (Å²) in [6.07, 6.45) is 2.05. The molecule has 3 nitrogen and oxygen atoms in total. The second-order valence-corrected chi connectivity index (χ2v) is 3.82. The Hall–Kier alpha value is -1.42. The van der Waals surface area contributed by atoms with Gasteiger partial charge in [-0.1, -0.05) is 12.1 Å². The average Bonchev–Trinajstić information content (AvgIpc) is 2.32. The number of aryl methyl sites for hydroxylation is 1. The van der Waals surface area contributed by atoms with Gasteiger partial charge in [0.2, 0.25) is 5.91 Å². The molecule has 4 heteroatoms. The van der Waals surface area contributed by atoms with Gasteiger partial charge in [0.05, 0.1) is 6.61 Å². The fraction of sp³-hybridized carbons (Fsp3) is 0.462. The first-order chi connectivity index (χ1) is 8.22. The fourth-order valence-corrected chi connectivity index (χ4v) is 1.49. The molecule has 1 N–H and O–H groups in total. The number of hydrogen-bond donors (Lipinski definition) is 1. The number of carbonyl (C=O) groups is 1. The zero-order chi connectivity index (χ0) is 12.5. The number of amides is 1. The number of rotatable bonds is 7.